The topological polar surface area (TPSA) is 130 Å². The van der Waals surface area contributed by atoms with E-state index >= 15 is 0 Å². The van der Waals surface area contributed by atoms with Gasteiger partial charge in [-0.25, -0.2) is 4.98 Å². The number of nitrogens with zero attached hydrogens (tertiary/aromatic N) is 7. The fraction of sp³-hybridized carbons (Fsp3) is 0.481. The SMILES string of the molecule is CC1(C)OB(c2ccc(N3CCN(CCCn4c5c(n[n+]4[O-])C(=O)c4cccnc4C5=O)CC3)nc2)OC1(C)C. The van der Waals surface area contributed by atoms with Crippen LogP contribution in [0.2, 0.25) is 0 Å². The van der Waals surface area contributed by atoms with Gasteiger partial charge in [-0.1, -0.05) is 6.07 Å². The molecule has 0 amide bonds. The molecule has 2 fully saturated rings. The molecule has 40 heavy (non-hydrogen) atoms. The molecule has 3 aliphatic rings. The second kappa shape index (κ2) is 9.75. The van der Waals surface area contributed by atoms with Gasteiger partial charge in [0.25, 0.3) is 0 Å². The van der Waals surface area contributed by atoms with Crippen molar-refractivity contribution in [2.75, 3.05) is 37.6 Å². The van der Waals surface area contributed by atoms with Crippen LogP contribution in [0.15, 0.2) is 36.7 Å². The Kier molecular flexibility index (Phi) is 6.47. The standard InChI is InChI=1S/C27H32BN7O5/c1-26(2)27(3,4)40-28(39-26)18-8-9-20(30-17-18)33-15-13-32(14-16-33)11-6-12-34-23-22(31-35(34)38)24(36)19-7-5-10-29-21(19)25(23)37/h5,7-10,17H,6,11-16H2,1-4H3. The quantitative estimate of drug-likeness (QED) is 0.193. The Morgan fingerprint density at radius 3 is 2.35 bits per heavy atom. The molecule has 13 heteroatoms. The lowest BCUT2D eigenvalue weighted by atomic mass is 9.80. The van der Waals surface area contributed by atoms with Gasteiger partial charge >= 0.3 is 7.12 Å². The van der Waals surface area contributed by atoms with E-state index in [-0.39, 0.29) is 29.2 Å². The number of pyridine rings is 2. The Bertz CT molecular complexity index is 1450. The average molecular weight is 545 g/mol. The van der Waals surface area contributed by atoms with Crippen molar-refractivity contribution in [2.24, 2.45) is 0 Å². The van der Waals surface area contributed by atoms with Crippen LogP contribution < -0.4 is 15.3 Å². The third-order valence-electron chi connectivity index (χ3n) is 8.41. The summed E-state index contributed by atoms with van der Waals surface area (Å²) in [7, 11) is -0.434. The first kappa shape index (κ1) is 26.5. The molecule has 0 saturated carbocycles. The zero-order valence-corrected chi connectivity index (χ0v) is 23.2. The second-order valence-corrected chi connectivity index (χ2v) is 11.5. The number of ketones is 2. The van der Waals surface area contributed by atoms with Crippen molar-refractivity contribution >= 4 is 30.0 Å². The van der Waals surface area contributed by atoms with Gasteiger partial charge in [0, 0.05) is 60.6 Å². The van der Waals surface area contributed by atoms with Crippen LogP contribution in [0.4, 0.5) is 5.82 Å². The fourth-order valence-corrected chi connectivity index (χ4v) is 5.33. The van der Waals surface area contributed by atoms with Gasteiger partial charge in [0.05, 0.1) is 23.3 Å². The van der Waals surface area contributed by atoms with E-state index in [2.05, 4.69) is 24.9 Å². The molecular formula is C27H32BN7O5. The van der Waals surface area contributed by atoms with Crippen LogP contribution >= 0.6 is 0 Å². The van der Waals surface area contributed by atoms with Crippen LogP contribution in [-0.2, 0) is 15.9 Å². The molecule has 2 aliphatic heterocycles. The molecule has 0 radical (unpaired) electrons. The molecule has 1 aliphatic carbocycles. The van der Waals surface area contributed by atoms with E-state index in [1.807, 2.05) is 46.0 Å². The van der Waals surface area contributed by atoms with Crippen molar-refractivity contribution in [3.63, 3.8) is 0 Å². The molecule has 0 spiro atoms. The molecular weight excluding hydrogens is 513 g/mol. The van der Waals surface area contributed by atoms with E-state index in [0.717, 1.165) is 44.0 Å². The normalized spacial score (nSPS) is 20.1. The van der Waals surface area contributed by atoms with E-state index in [0.29, 0.717) is 11.4 Å². The number of hydrogen-bond donors (Lipinski definition) is 0. The predicted octanol–water partition coefficient (Wildman–Crippen LogP) is 0.593. The van der Waals surface area contributed by atoms with Crippen molar-refractivity contribution in [3.05, 3.63) is 64.5 Å². The van der Waals surface area contributed by atoms with Gasteiger partial charge in [0.1, 0.15) is 11.5 Å². The van der Waals surface area contributed by atoms with Gasteiger partial charge in [-0.05, 0) is 52.3 Å². The van der Waals surface area contributed by atoms with Gasteiger partial charge < -0.3 is 19.4 Å². The van der Waals surface area contributed by atoms with Gasteiger partial charge in [-0.3, -0.25) is 19.5 Å². The molecule has 12 nitrogen and oxygen atoms in total. The Hall–Kier alpha value is -3.68. The number of aromatic nitrogens is 5. The first-order chi connectivity index (χ1) is 19.1. The molecule has 2 saturated heterocycles. The van der Waals surface area contributed by atoms with Crippen LogP contribution in [0, 0.1) is 5.21 Å². The molecule has 3 aromatic heterocycles. The summed E-state index contributed by atoms with van der Waals surface area (Å²) >= 11 is 0. The van der Waals surface area contributed by atoms with Crippen molar-refractivity contribution in [1.82, 2.24) is 24.6 Å². The van der Waals surface area contributed by atoms with E-state index in [9.17, 15) is 14.8 Å². The highest BCUT2D eigenvalue weighted by Crippen LogP contribution is 2.36. The first-order valence-corrected chi connectivity index (χ1v) is 13.6. The lowest BCUT2D eigenvalue weighted by Gasteiger charge is -2.35. The second-order valence-electron chi connectivity index (χ2n) is 11.5. The summed E-state index contributed by atoms with van der Waals surface area (Å²) in [5.41, 5.74) is 0.270. The van der Waals surface area contributed by atoms with Crippen LogP contribution in [-0.4, -0.2) is 87.3 Å². The maximum Gasteiger partial charge on any atom is 0.496 e. The van der Waals surface area contributed by atoms with Gasteiger partial charge in [-0.2, -0.15) is 0 Å². The van der Waals surface area contributed by atoms with Crippen molar-refractivity contribution in [2.45, 2.75) is 51.9 Å². The number of piperazine rings is 1. The summed E-state index contributed by atoms with van der Waals surface area (Å²) < 4.78 is 13.5. The van der Waals surface area contributed by atoms with E-state index in [1.54, 1.807) is 6.07 Å². The zero-order valence-electron chi connectivity index (χ0n) is 23.2. The van der Waals surface area contributed by atoms with Crippen molar-refractivity contribution in [1.29, 1.82) is 0 Å². The lowest BCUT2D eigenvalue weighted by Crippen LogP contribution is -2.47. The monoisotopic (exact) mass is 545 g/mol. The Balaban J connectivity index is 1.03. The molecule has 0 bridgehead atoms. The van der Waals surface area contributed by atoms with Crippen LogP contribution in [0.25, 0.3) is 0 Å². The number of rotatable bonds is 6. The van der Waals surface area contributed by atoms with Crippen LogP contribution in [0.1, 0.15) is 66.4 Å². The molecule has 208 valence electrons. The number of anilines is 1. The molecule has 5 heterocycles. The van der Waals surface area contributed by atoms with Crippen LogP contribution in [0.5, 0.6) is 0 Å². The zero-order chi connectivity index (χ0) is 28.2. The number of carbonyl (C=O) groups is 2. The van der Waals surface area contributed by atoms with Crippen LogP contribution in [0.3, 0.4) is 0 Å². The number of fused-ring (bicyclic) bond motifs is 2. The third-order valence-corrected chi connectivity index (χ3v) is 8.41. The van der Waals surface area contributed by atoms with E-state index in [1.165, 1.54) is 16.9 Å². The Morgan fingerprint density at radius 1 is 0.950 bits per heavy atom. The summed E-state index contributed by atoms with van der Waals surface area (Å²) in [6.07, 6.45) is 3.92. The molecule has 0 N–H and O–H groups in total. The smallest absolute Gasteiger partial charge is 0.496 e. The molecule has 0 atom stereocenters. The summed E-state index contributed by atoms with van der Waals surface area (Å²) in [6.45, 7) is 12.5. The highest BCUT2D eigenvalue weighted by molar-refractivity contribution is 6.62. The average Bonchev–Trinajstić information content (AvgIpc) is 3.39. The highest BCUT2D eigenvalue weighted by atomic mass is 16.7. The molecule has 0 aromatic carbocycles. The largest absolute Gasteiger partial charge is 0.571 e. The lowest BCUT2D eigenvalue weighted by molar-refractivity contribution is -0.749. The first-order valence-electron chi connectivity index (χ1n) is 13.6. The molecule has 6 rings (SSSR count). The minimum Gasteiger partial charge on any atom is -0.571 e. The van der Waals surface area contributed by atoms with Crippen molar-refractivity contribution in [3.8, 4) is 0 Å². The van der Waals surface area contributed by atoms with Gasteiger partial charge in [-0.15, -0.1) is 4.68 Å². The van der Waals surface area contributed by atoms with E-state index in [4.69, 9.17) is 9.31 Å². The Labute approximate surface area is 232 Å². The van der Waals surface area contributed by atoms with Gasteiger partial charge in [0.2, 0.25) is 17.3 Å². The highest BCUT2D eigenvalue weighted by Gasteiger charge is 2.51. The van der Waals surface area contributed by atoms with Crippen molar-refractivity contribution < 1.29 is 23.9 Å². The summed E-state index contributed by atoms with van der Waals surface area (Å²) in [4.78, 5) is 39.4. The summed E-state index contributed by atoms with van der Waals surface area (Å²) in [5, 5.41) is 16.3. The van der Waals surface area contributed by atoms with E-state index < -0.39 is 29.9 Å². The maximum atomic E-state index is 13.0. The molecule has 3 aromatic rings. The minimum absolute atomic E-state index is 0.0195. The third kappa shape index (κ3) is 4.47. The number of carbonyl (C=O) groups excluding carboxylic acids is 2. The fourth-order valence-electron chi connectivity index (χ4n) is 5.33. The predicted molar refractivity (Wildman–Crippen MR) is 146 cm³/mol. The molecule has 0 unspecified atom stereocenters. The maximum absolute atomic E-state index is 13.0. The summed E-state index contributed by atoms with van der Waals surface area (Å²) in [5.74, 6) is 0.0159. The Morgan fingerprint density at radius 2 is 1.68 bits per heavy atom. The summed E-state index contributed by atoms with van der Waals surface area (Å²) in [6, 6.07) is 7.14. The minimum atomic E-state index is -0.449. The van der Waals surface area contributed by atoms with Gasteiger partial charge in [0.15, 0.2) is 5.69 Å². The number of hydrogen-bond acceptors (Lipinski definition) is 10.